The van der Waals surface area contributed by atoms with E-state index in [1.54, 1.807) is 24.3 Å². The van der Waals surface area contributed by atoms with Crippen LogP contribution in [0, 0.1) is 11.6 Å². The Morgan fingerprint density at radius 3 is 2.36 bits per heavy atom. The third kappa shape index (κ3) is 3.69. The Kier molecular flexibility index (Phi) is 4.55. The lowest BCUT2D eigenvalue weighted by Gasteiger charge is -2.14. The van der Waals surface area contributed by atoms with Gasteiger partial charge in [-0.25, -0.2) is 21.9 Å². The third-order valence-electron chi connectivity index (χ3n) is 3.36. The molecule has 7 nitrogen and oxygen atoms in total. The van der Waals surface area contributed by atoms with Crippen LogP contribution >= 0.6 is 0 Å². The average Bonchev–Trinajstić information content (AvgIpc) is 3.04. The minimum Gasteiger partial charge on any atom is -0.207 e. The fourth-order valence-corrected chi connectivity index (χ4v) is 3.50. The van der Waals surface area contributed by atoms with Gasteiger partial charge in [0.25, 0.3) is 0 Å². The number of rotatable bonds is 5. The van der Waals surface area contributed by atoms with Crippen molar-refractivity contribution in [2.45, 2.75) is 17.9 Å². The van der Waals surface area contributed by atoms with Crippen molar-refractivity contribution in [1.29, 1.82) is 0 Å². The Labute approximate surface area is 142 Å². The van der Waals surface area contributed by atoms with Gasteiger partial charge in [-0.15, -0.1) is 5.10 Å². The van der Waals surface area contributed by atoms with E-state index in [4.69, 9.17) is 0 Å². The molecule has 10 heteroatoms. The first kappa shape index (κ1) is 17.1. The van der Waals surface area contributed by atoms with Gasteiger partial charge in [-0.05, 0) is 41.6 Å². The Hall–Kier alpha value is -2.72. The van der Waals surface area contributed by atoms with Crippen molar-refractivity contribution >= 4 is 10.0 Å². The maximum atomic E-state index is 13.3. The number of sulfonamides is 1. The summed E-state index contributed by atoms with van der Waals surface area (Å²) in [5.41, 5.74) is 0.644. The number of nitrogens with one attached hydrogen (secondary N) is 1. The molecule has 1 heterocycles. The molecule has 0 fully saturated rings. The van der Waals surface area contributed by atoms with Gasteiger partial charge in [-0.3, -0.25) is 0 Å². The van der Waals surface area contributed by atoms with Gasteiger partial charge in [0.15, 0.2) is 5.82 Å². The van der Waals surface area contributed by atoms with Crippen molar-refractivity contribution in [1.82, 2.24) is 24.9 Å². The molecule has 0 radical (unpaired) electrons. The highest BCUT2D eigenvalue weighted by Gasteiger charge is 2.24. The summed E-state index contributed by atoms with van der Waals surface area (Å²) in [5.74, 6) is -1.74. The summed E-state index contributed by atoms with van der Waals surface area (Å²) in [7, 11) is -4.17. The van der Waals surface area contributed by atoms with E-state index < -0.39 is 32.6 Å². The maximum Gasteiger partial charge on any atom is 0.241 e. The number of halogens is 2. The molecule has 0 saturated heterocycles. The highest BCUT2D eigenvalue weighted by molar-refractivity contribution is 7.89. The molecular weight excluding hydrogens is 352 g/mol. The van der Waals surface area contributed by atoms with Gasteiger partial charge in [0.2, 0.25) is 10.0 Å². The van der Waals surface area contributed by atoms with Crippen LogP contribution in [-0.2, 0) is 10.0 Å². The van der Waals surface area contributed by atoms with Crippen LogP contribution in [-0.4, -0.2) is 28.6 Å². The lowest BCUT2D eigenvalue weighted by Crippen LogP contribution is -2.29. The molecule has 3 aromatic rings. The smallest absolute Gasteiger partial charge is 0.207 e. The molecule has 25 heavy (non-hydrogen) atoms. The zero-order valence-corrected chi connectivity index (χ0v) is 13.8. The number of benzene rings is 2. The van der Waals surface area contributed by atoms with Crippen LogP contribution in [0.2, 0.25) is 0 Å². The molecule has 1 aromatic heterocycles. The Morgan fingerprint density at radius 2 is 1.72 bits per heavy atom. The minimum absolute atomic E-state index is 0.228. The first-order valence-corrected chi connectivity index (χ1v) is 8.67. The van der Waals surface area contributed by atoms with Gasteiger partial charge in [0, 0.05) is 6.07 Å². The zero-order valence-electron chi connectivity index (χ0n) is 13.0. The number of hydrogen-bond donors (Lipinski definition) is 1. The van der Waals surface area contributed by atoms with Crippen LogP contribution in [0.4, 0.5) is 8.78 Å². The Morgan fingerprint density at radius 1 is 1.08 bits per heavy atom. The van der Waals surface area contributed by atoms with E-state index in [1.165, 1.54) is 11.6 Å². The molecule has 0 saturated carbocycles. The van der Waals surface area contributed by atoms with E-state index >= 15 is 0 Å². The molecule has 1 atom stereocenters. The molecular formula is C15H13F2N5O2S. The fourth-order valence-electron chi connectivity index (χ4n) is 2.25. The molecule has 2 aromatic carbocycles. The summed E-state index contributed by atoms with van der Waals surface area (Å²) >= 11 is 0. The van der Waals surface area contributed by atoms with Gasteiger partial charge in [0.05, 0.1) is 16.6 Å². The fraction of sp³-hybridized carbons (Fsp3) is 0.133. The van der Waals surface area contributed by atoms with Crippen molar-refractivity contribution in [3.63, 3.8) is 0 Å². The van der Waals surface area contributed by atoms with E-state index in [1.807, 2.05) is 6.07 Å². The van der Waals surface area contributed by atoms with Crippen LogP contribution in [0.3, 0.4) is 0 Å². The first-order chi connectivity index (χ1) is 11.9. The topological polar surface area (TPSA) is 89.8 Å². The van der Waals surface area contributed by atoms with E-state index in [2.05, 4.69) is 20.2 Å². The standard InChI is InChI=1S/C15H13F2N5O2S/c1-10(15-18-20-21-22(15)13-5-3-2-4-6-13)19-25(23,24)14-8-11(16)7-12(17)9-14/h2-10,19H,1H3. The van der Waals surface area contributed by atoms with Crippen molar-refractivity contribution in [3.8, 4) is 5.69 Å². The predicted octanol–water partition coefficient (Wildman–Crippen LogP) is 1.98. The average molecular weight is 365 g/mol. The van der Waals surface area contributed by atoms with Gasteiger partial charge in [-0.1, -0.05) is 18.2 Å². The maximum absolute atomic E-state index is 13.3. The second-order valence-electron chi connectivity index (χ2n) is 5.23. The zero-order chi connectivity index (χ0) is 18.0. The number of nitrogens with zero attached hydrogens (tertiary/aromatic N) is 4. The van der Waals surface area contributed by atoms with Gasteiger partial charge in [0.1, 0.15) is 11.6 Å². The van der Waals surface area contributed by atoms with Crippen molar-refractivity contribution in [3.05, 3.63) is 66.0 Å². The number of para-hydroxylation sites is 1. The van der Waals surface area contributed by atoms with Gasteiger partial charge < -0.3 is 0 Å². The molecule has 3 rings (SSSR count). The Bertz CT molecular complexity index is 972. The predicted molar refractivity (Wildman–Crippen MR) is 84.2 cm³/mol. The Balaban J connectivity index is 1.90. The highest BCUT2D eigenvalue weighted by Crippen LogP contribution is 2.19. The summed E-state index contributed by atoms with van der Waals surface area (Å²) in [4.78, 5) is -0.518. The number of tetrazole rings is 1. The van der Waals surface area contributed by atoms with E-state index in [9.17, 15) is 17.2 Å². The van der Waals surface area contributed by atoms with E-state index in [-0.39, 0.29) is 5.82 Å². The van der Waals surface area contributed by atoms with E-state index in [0.29, 0.717) is 11.8 Å². The van der Waals surface area contributed by atoms with Gasteiger partial charge in [-0.2, -0.15) is 4.68 Å². The van der Waals surface area contributed by atoms with Gasteiger partial charge >= 0.3 is 0 Å². The monoisotopic (exact) mass is 365 g/mol. The summed E-state index contributed by atoms with van der Waals surface area (Å²) in [6.07, 6.45) is 0. The molecule has 130 valence electrons. The van der Waals surface area contributed by atoms with Crippen molar-refractivity contribution in [2.24, 2.45) is 0 Å². The minimum atomic E-state index is -4.17. The molecule has 0 aliphatic rings. The molecule has 0 bridgehead atoms. The quantitative estimate of drug-likeness (QED) is 0.747. The summed E-state index contributed by atoms with van der Waals surface area (Å²) in [6, 6.07) is 10.1. The second-order valence-corrected chi connectivity index (χ2v) is 6.95. The van der Waals surface area contributed by atoms with Crippen LogP contribution in [0.5, 0.6) is 0 Å². The van der Waals surface area contributed by atoms with Crippen LogP contribution in [0.15, 0.2) is 53.4 Å². The number of hydrogen-bond acceptors (Lipinski definition) is 5. The summed E-state index contributed by atoms with van der Waals surface area (Å²) in [6.45, 7) is 1.53. The van der Waals surface area contributed by atoms with Crippen molar-refractivity contribution < 1.29 is 17.2 Å². The number of aromatic nitrogens is 4. The first-order valence-electron chi connectivity index (χ1n) is 7.19. The summed E-state index contributed by atoms with van der Waals surface area (Å²) in [5, 5.41) is 11.2. The van der Waals surface area contributed by atoms with Crippen LogP contribution < -0.4 is 4.72 Å². The lowest BCUT2D eigenvalue weighted by atomic mass is 10.3. The molecule has 0 aliphatic carbocycles. The normalized spacial score (nSPS) is 12.9. The van der Waals surface area contributed by atoms with E-state index in [0.717, 1.165) is 12.1 Å². The third-order valence-corrected chi connectivity index (χ3v) is 4.88. The molecule has 0 amide bonds. The largest absolute Gasteiger partial charge is 0.241 e. The molecule has 1 N–H and O–H groups in total. The van der Waals surface area contributed by atoms with Crippen molar-refractivity contribution in [2.75, 3.05) is 0 Å². The molecule has 0 aliphatic heterocycles. The SMILES string of the molecule is CC(NS(=O)(=O)c1cc(F)cc(F)c1)c1nnnn1-c1ccccc1. The van der Waals surface area contributed by atoms with Crippen LogP contribution in [0.1, 0.15) is 18.8 Å². The highest BCUT2D eigenvalue weighted by atomic mass is 32.2. The lowest BCUT2D eigenvalue weighted by molar-refractivity contribution is 0.545. The summed E-state index contributed by atoms with van der Waals surface area (Å²) < 4.78 is 55.0. The molecule has 1 unspecified atom stereocenters. The second kappa shape index (κ2) is 6.65. The molecule has 0 spiro atoms. The van der Waals surface area contributed by atoms with Crippen LogP contribution in [0.25, 0.3) is 5.69 Å².